The van der Waals surface area contributed by atoms with E-state index in [4.69, 9.17) is 18.8 Å². The Morgan fingerprint density at radius 1 is 0.936 bits per heavy atom. The molecule has 1 N–H and O–H groups in total. The van der Waals surface area contributed by atoms with Gasteiger partial charge in [0.05, 0.1) is 36.6 Å². The Morgan fingerprint density at radius 3 is 2.47 bits per heavy atom. The van der Waals surface area contributed by atoms with Crippen LogP contribution in [0, 0.1) is 15.9 Å². The molecule has 1 aromatic heterocycles. The maximum absolute atomic E-state index is 14.5. The van der Waals surface area contributed by atoms with Crippen molar-refractivity contribution < 1.29 is 32.9 Å². The second-order valence-corrected chi connectivity index (χ2v) is 10.6. The van der Waals surface area contributed by atoms with Crippen molar-refractivity contribution in [2.45, 2.75) is 39.2 Å². The zero-order valence-corrected chi connectivity index (χ0v) is 26.0. The van der Waals surface area contributed by atoms with E-state index in [1.54, 1.807) is 43.5 Å². The fourth-order valence-corrected chi connectivity index (χ4v) is 5.02. The molecule has 0 aliphatic carbocycles. The van der Waals surface area contributed by atoms with Gasteiger partial charge >= 0.3 is 5.69 Å². The largest absolute Gasteiger partial charge is 0.497 e. The molecule has 13 heteroatoms. The van der Waals surface area contributed by atoms with E-state index in [9.17, 15) is 19.3 Å². The van der Waals surface area contributed by atoms with Crippen LogP contribution in [0.2, 0.25) is 0 Å². The van der Waals surface area contributed by atoms with Crippen LogP contribution < -0.4 is 24.4 Å². The van der Waals surface area contributed by atoms with Crippen LogP contribution in [0.1, 0.15) is 38.2 Å². The average Bonchev–Trinajstić information content (AvgIpc) is 3.57. The first-order valence-electron chi connectivity index (χ1n) is 15.1. The molecular formula is C34H34FN5O7. The number of anilines is 2. The summed E-state index contributed by atoms with van der Waals surface area (Å²) >= 11 is 0. The van der Waals surface area contributed by atoms with Crippen LogP contribution in [0.4, 0.5) is 21.5 Å². The summed E-state index contributed by atoms with van der Waals surface area (Å²) in [6.07, 6.45) is 3.46. The summed E-state index contributed by atoms with van der Waals surface area (Å²) in [6.45, 7) is 2.60. The Balaban J connectivity index is 1.17. The van der Waals surface area contributed by atoms with Gasteiger partial charge in [0, 0.05) is 31.2 Å². The van der Waals surface area contributed by atoms with Gasteiger partial charge in [-0.25, -0.2) is 9.02 Å². The fraction of sp³-hybridized carbons (Fsp3) is 0.265. The molecule has 5 aromatic rings. The molecule has 0 fully saturated rings. The number of nitrogens with zero attached hydrogens (tertiary/aromatic N) is 4. The Bertz CT molecular complexity index is 1830. The van der Waals surface area contributed by atoms with Gasteiger partial charge in [-0.1, -0.05) is 31.0 Å². The summed E-state index contributed by atoms with van der Waals surface area (Å²) in [4.78, 5) is 25.0. The summed E-state index contributed by atoms with van der Waals surface area (Å²) in [5, 5.41) is 21.9. The number of nitro benzene ring substituents is 1. The number of methoxy groups -OCH3 is 1. The molecule has 12 nitrogen and oxygen atoms in total. The van der Waals surface area contributed by atoms with Crippen LogP contribution in [0.15, 0.2) is 83.5 Å². The Hall–Kier alpha value is -5.72. The van der Waals surface area contributed by atoms with E-state index in [-0.39, 0.29) is 29.3 Å². The van der Waals surface area contributed by atoms with Crippen LogP contribution in [0.5, 0.6) is 23.0 Å². The van der Waals surface area contributed by atoms with E-state index >= 15 is 0 Å². The van der Waals surface area contributed by atoms with Crippen molar-refractivity contribution >= 4 is 34.0 Å². The summed E-state index contributed by atoms with van der Waals surface area (Å²) in [6, 6.07) is 21.5. The molecule has 0 aliphatic heterocycles. The predicted molar refractivity (Wildman–Crippen MR) is 174 cm³/mol. The third-order valence-corrected chi connectivity index (χ3v) is 7.39. The molecule has 0 saturated carbocycles. The first-order chi connectivity index (χ1) is 22.8. The van der Waals surface area contributed by atoms with Crippen molar-refractivity contribution in [1.82, 2.24) is 10.3 Å². The topological polar surface area (TPSA) is 142 Å². The van der Waals surface area contributed by atoms with Gasteiger partial charge in [-0.3, -0.25) is 14.9 Å². The number of ether oxygens (including phenoxy) is 3. The monoisotopic (exact) mass is 643 g/mol. The molecule has 0 saturated heterocycles. The number of hydrogen-bond donors (Lipinski definition) is 1. The Morgan fingerprint density at radius 2 is 1.70 bits per heavy atom. The third-order valence-electron chi connectivity index (χ3n) is 7.39. The highest BCUT2D eigenvalue weighted by Crippen LogP contribution is 2.36. The molecular weight excluding hydrogens is 609 g/mol. The Kier molecular flexibility index (Phi) is 10.8. The molecule has 1 amide bonds. The van der Waals surface area contributed by atoms with Gasteiger partial charge in [0.25, 0.3) is 0 Å². The van der Waals surface area contributed by atoms with E-state index in [1.807, 2.05) is 18.2 Å². The summed E-state index contributed by atoms with van der Waals surface area (Å²) in [5.41, 5.74) is 1.88. The molecule has 47 heavy (non-hydrogen) atoms. The maximum atomic E-state index is 14.5. The molecule has 0 atom stereocenters. The second kappa shape index (κ2) is 15.5. The normalized spacial score (nSPS) is 10.9. The van der Waals surface area contributed by atoms with Gasteiger partial charge in [0.15, 0.2) is 11.3 Å². The molecule has 244 valence electrons. The SMILES string of the molecule is COc1ccc(OCCCCCCNc2ccc([N+](=O)[O-])c3nonc23)c(CN(C(C)=O)c2cc(F)ccc2Oc2ccccc2)c1. The highest BCUT2D eigenvalue weighted by Gasteiger charge is 2.22. The zero-order chi connectivity index (χ0) is 33.2. The fourth-order valence-electron chi connectivity index (χ4n) is 5.02. The van der Waals surface area contributed by atoms with Gasteiger partial charge in [-0.15, -0.1) is 0 Å². The van der Waals surface area contributed by atoms with Crippen molar-refractivity contribution in [2.24, 2.45) is 0 Å². The van der Waals surface area contributed by atoms with Crippen LogP contribution in [-0.4, -0.2) is 41.4 Å². The first-order valence-corrected chi connectivity index (χ1v) is 15.1. The molecule has 0 spiro atoms. The van der Waals surface area contributed by atoms with Crippen LogP contribution in [0.25, 0.3) is 11.0 Å². The number of nitrogens with one attached hydrogen (secondary N) is 1. The summed E-state index contributed by atoms with van der Waals surface area (Å²) in [5.74, 6) is 1.27. The third kappa shape index (κ3) is 8.31. The summed E-state index contributed by atoms with van der Waals surface area (Å²) < 4.78 is 36.8. The number of carbonyl (C=O) groups excluding carboxylic acids is 1. The zero-order valence-electron chi connectivity index (χ0n) is 26.0. The lowest BCUT2D eigenvalue weighted by atomic mass is 10.1. The predicted octanol–water partition coefficient (Wildman–Crippen LogP) is 7.68. The van der Waals surface area contributed by atoms with Crippen LogP contribution in [-0.2, 0) is 11.3 Å². The number of rotatable bonds is 16. The van der Waals surface area contributed by atoms with Gasteiger partial charge in [0.1, 0.15) is 23.1 Å². The van der Waals surface area contributed by atoms with E-state index in [0.717, 1.165) is 25.7 Å². The van der Waals surface area contributed by atoms with Gasteiger partial charge in [-0.2, -0.15) is 0 Å². The molecule has 5 rings (SSSR count). The number of nitro groups is 1. The number of hydrogen-bond acceptors (Lipinski definition) is 10. The summed E-state index contributed by atoms with van der Waals surface area (Å²) in [7, 11) is 1.56. The lowest BCUT2D eigenvalue weighted by Crippen LogP contribution is -2.28. The highest BCUT2D eigenvalue weighted by atomic mass is 19.1. The van der Waals surface area contributed by atoms with Gasteiger partial charge in [-0.05, 0) is 71.7 Å². The number of para-hydroxylation sites is 1. The minimum atomic E-state index is -0.519. The molecule has 0 aliphatic rings. The number of carbonyl (C=O) groups is 1. The number of non-ortho nitro benzene ring substituents is 1. The maximum Gasteiger partial charge on any atom is 0.300 e. The average molecular weight is 644 g/mol. The number of aromatic nitrogens is 2. The standard InChI is InChI=1S/C34H34FN5O7/c1-23(41)39(30-21-25(35)12-16-32(30)46-26-10-6-5-7-11-26)22-24-20-27(44-2)13-17-31(24)45-19-9-4-3-8-18-36-28-14-15-29(40(42)43)34-33(28)37-47-38-34/h5-7,10-17,20-21,36H,3-4,8-9,18-19,22H2,1-2H3. The van der Waals surface area contributed by atoms with Crippen molar-refractivity contribution in [3.8, 4) is 23.0 Å². The van der Waals surface area contributed by atoms with Crippen LogP contribution in [0.3, 0.4) is 0 Å². The van der Waals surface area contributed by atoms with E-state index in [1.165, 1.54) is 36.1 Å². The number of halogens is 1. The highest BCUT2D eigenvalue weighted by molar-refractivity contribution is 5.94. The van der Waals surface area contributed by atoms with Gasteiger partial charge in [0.2, 0.25) is 11.4 Å². The molecule has 0 radical (unpaired) electrons. The molecule has 0 bridgehead atoms. The van der Waals surface area contributed by atoms with Crippen molar-refractivity contribution in [2.75, 3.05) is 30.5 Å². The van der Waals surface area contributed by atoms with E-state index in [0.29, 0.717) is 52.9 Å². The second-order valence-electron chi connectivity index (χ2n) is 10.6. The van der Waals surface area contributed by atoms with Gasteiger partial charge < -0.3 is 24.4 Å². The number of fused-ring (bicyclic) bond motifs is 1. The lowest BCUT2D eigenvalue weighted by Gasteiger charge is -2.25. The molecule has 1 heterocycles. The minimum absolute atomic E-state index is 0.0963. The molecule has 0 unspecified atom stereocenters. The quantitative estimate of drug-likeness (QED) is 0.0646. The number of unbranched alkanes of at least 4 members (excludes halogenated alkanes) is 3. The van der Waals surface area contributed by atoms with Crippen molar-refractivity contribution in [3.63, 3.8) is 0 Å². The van der Waals surface area contributed by atoms with E-state index < -0.39 is 10.7 Å². The first kappa shape index (κ1) is 32.7. The van der Waals surface area contributed by atoms with E-state index in [2.05, 4.69) is 15.6 Å². The lowest BCUT2D eigenvalue weighted by molar-refractivity contribution is -0.383. The smallest absolute Gasteiger partial charge is 0.300 e. The van der Waals surface area contributed by atoms with Crippen molar-refractivity contribution in [1.29, 1.82) is 0 Å². The number of amides is 1. The minimum Gasteiger partial charge on any atom is -0.497 e. The van der Waals surface area contributed by atoms with Crippen molar-refractivity contribution in [3.05, 3.63) is 100 Å². The Labute approximate surface area is 270 Å². The molecule has 4 aromatic carbocycles. The van der Waals surface area contributed by atoms with Crippen LogP contribution >= 0.6 is 0 Å². The number of benzene rings is 4.